The van der Waals surface area contributed by atoms with Crippen LogP contribution in [0.3, 0.4) is 0 Å². The van der Waals surface area contributed by atoms with Crippen molar-refractivity contribution >= 4 is 29.9 Å². The van der Waals surface area contributed by atoms with Crippen molar-refractivity contribution in [3.8, 4) is 5.75 Å². The third-order valence-corrected chi connectivity index (χ3v) is 5.36. The number of rotatable bonds is 4. The van der Waals surface area contributed by atoms with Gasteiger partial charge in [0.1, 0.15) is 5.75 Å². The molecule has 1 aromatic rings. The smallest absolute Gasteiger partial charge is 0.228 e. The fourth-order valence-electron chi connectivity index (χ4n) is 3.86. The molecular formula is C19H28ClN3O3. The summed E-state index contributed by atoms with van der Waals surface area (Å²) in [6, 6.07) is 7.52. The quantitative estimate of drug-likeness (QED) is 0.866. The molecule has 0 radical (unpaired) electrons. The second kappa shape index (κ2) is 8.73. The predicted octanol–water partition coefficient (Wildman–Crippen LogP) is 2.06. The number of hydrogen-bond acceptors (Lipinski definition) is 4. The zero-order valence-corrected chi connectivity index (χ0v) is 16.2. The fourth-order valence-corrected chi connectivity index (χ4v) is 3.86. The Morgan fingerprint density at radius 2 is 2.04 bits per heavy atom. The van der Waals surface area contributed by atoms with Gasteiger partial charge in [-0.1, -0.05) is 12.1 Å². The molecule has 144 valence electrons. The number of amides is 2. The topological polar surface area (TPSA) is 75.9 Å². The van der Waals surface area contributed by atoms with Gasteiger partial charge >= 0.3 is 0 Å². The molecular weight excluding hydrogens is 354 g/mol. The lowest BCUT2D eigenvalue weighted by Gasteiger charge is -2.35. The van der Waals surface area contributed by atoms with E-state index in [1.807, 2.05) is 36.1 Å². The minimum atomic E-state index is -0.288. The maximum atomic E-state index is 12.9. The van der Waals surface area contributed by atoms with Gasteiger partial charge in [-0.3, -0.25) is 9.59 Å². The Labute approximate surface area is 161 Å². The summed E-state index contributed by atoms with van der Waals surface area (Å²) in [5.41, 5.74) is 6.75. The molecule has 7 heteroatoms. The van der Waals surface area contributed by atoms with Crippen molar-refractivity contribution in [2.45, 2.75) is 32.2 Å². The minimum Gasteiger partial charge on any atom is -0.495 e. The molecule has 3 unspecified atom stereocenters. The summed E-state index contributed by atoms with van der Waals surface area (Å²) >= 11 is 0. The molecule has 6 nitrogen and oxygen atoms in total. The maximum Gasteiger partial charge on any atom is 0.228 e. The van der Waals surface area contributed by atoms with Crippen LogP contribution in [-0.2, 0) is 9.59 Å². The van der Waals surface area contributed by atoms with Crippen molar-refractivity contribution in [3.63, 3.8) is 0 Å². The van der Waals surface area contributed by atoms with E-state index in [0.717, 1.165) is 25.1 Å². The van der Waals surface area contributed by atoms with Crippen LogP contribution >= 0.6 is 12.4 Å². The Balaban J connectivity index is 0.00000243. The number of ether oxygens (including phenoxy) is 1. The highest BCUT2D eigenvalue weighted by Crippen LogP contribution is 2.33. The summed E-state index contributed by atoms with van der Waals surface area (Å²) in [6.45, 7) is 3.88. The molecule has 0 bridgehead atoms. The highest BCUT2D eigenvalue weighted by Gasteiger charge is 2.39. The molecule has 0 saturated carbocycles. The summed E-state index contributed by atoms with van der Waals surface area (Å²) in [7, 11) is 1.59. The Morgan fingerprint density at radius 1 is 1.31 bits per heavy atom. The number of halogens is 1. The van der Waals surface area contributed by atoms with Crippen molar-refractivity contribution in [2.24, 2.45) is 17.6 Å². The molecule has 3 rings (SSSR count). The molecule has 2 saturated heterocycles. The zero-order valence-electron chi connectivity index (χ0n) is 15.4. The molecule has 2 aliphatic rings. The van der Waals surface area contributed by atoms with Crippen molar-refractivity contribution in [2.75, 3.05) is 31.6 Å². The lowest BCUT2D eigenvalue weighted by Crippen LogP contribution is -2.47. The van der Waals surface area contributed by atoms with Gasteiger partial charge in [0.15, 0.2) is 0 Å². The normalized spacial score (nSPS) is 24.2. The van der Waals surface area contributed by atoms with Crippen LogP contribution in [0, 0.1) is 11.8 Å². The average molecular weight is 382 g/mol. The number of piperidine rings is 1. The number of nitrogens with zero attached hydrogens (tertiary/aromatic N) is 2. The van der Waals surface area contributed by atoms with Crippen LogP contribution in [0.5, 0.6) is 5.75 Å². The maximum absolute atomic E-state index is 12.9. The van der Waals surface area contributed by atoms with E-state index in [4.69, 9.17) is 10.5 Å². The monoisotopic (exact) mass is 381 g/mol. The Kier molecular flexibility index (Phi) is 6.89. The number of benzene rings is 1. The van der Waals surface area contributed by atoms with Gasteiger partial charge in [-0.2, -0.15) is 0 Å². The number of methoxy groups -OCH3 is 1. The van der Waals surface area contributed by atoms with Crippen molar-refractivity contribution < 1.29 is 14.3 Å². The summed E-state index contributed by atoms with van der Waals surface area (Å²) in [5.74, 6) is 0.767. The van der Waals surface area contributed by atoms with E-state index >= 15 is 0 Å². The van der Waals surface area contributed by atoms with Crippen LogP contribution in [0.25, 0.3) is 0 Å². The van der Waals surface area contributed by atoms with Gasteiger partial charge < -0.3 is 20.3 Å². The fraction of sp³-hybridized carbons (Fsp3) is 0.579. The largest absolute Gasteiger partial charge is 0.495 e. The number of carbonyl (C=O) groups excluding carboxylic acids is 2. The van der Waals surface area contributed by atoms with Gasteiger partial charge in [0.25, 0.3) is 0 Å². The molecule has 26 heavy (non-hydrogen) atoms. The van der Waals surface area contributed by atoms with Crippen LogP contribution in [0.1, 0.15) is 26.2 Å². The Hall–Kier alpha value is -1.79. The number of anilines is 1. The highest BCUT2D eigenvalue weighted by molar-refractivity contribution is 6.01. The van der Waals surface area contributed by atoms with E-state index in [0.29, 0.717) is 24.8 Å². The minimum absolute atomic E-state index is 0. The lowest BCUT2D eigenvalue weighted by atomic mass is 9.91. The van der Waals surface area contributed by atoms with Crippen LogP contribution in [0.15, 0.2) is 24.3 Å². The molecule has 2 heterocycles. The molecule has 0 spiro atoms. The summed E-state index contributed by atoms with van der Waals surface area (Å²) < 4.78 is 5.36. The van der Waals surface area contributed by atoms with Crippen LogP contribution in [0.2, 0.25) is 0 Å². The number of para-hydroxylation sites is 2. The number of hydrogen-bond donors (Lipinski definition) is 1. The summed E-state index contributed by atoms with van der Waals surface area (Å²) in [5, 5.41) is 0. The first-order valence-electron chi connectivity index (χ1n) is 8.99. The average Bonchev–Trinajstić information content (AvgIpc) is 3.02. The Bertz CT molecular complexity index is 653. The first-order valence-corrected chi connectivity index (χ1v) is 8.99. The third kappa shape index (κ3) is 4.13. The number of carbonyl (C=O) groups is 2. The van der Waals surface area contributed by atoms with E-state index in [9.17, 15) is 9.59 Å². The van der Waals surface area contributed by atoms with Crippen molar-refractivity contribution in [3.05, 3.63) is 24.3 Å². The van der Waals surface area contributed by atoms with Gasteiger partial charge in [0.05, 0.1) is 18.7 Å². The standard InChI is InChI=1S/C19H27N3O3.ClH/c1-13(20)14-6-5-9-21(11-14)19(24)15-10-18(23)22(12-15)16-7-3-4-8-17(16)25-2;/h3-4,7-8,13-15H,5-6,9-12,20H2,1-2H3;1H. The van der Waals surface area contributed by atoms with E-state index in [2.05, 4.69) is 0 Å². The van der Waals surface area contributed by atoms with Gasteiger partial charge in [-0.05, 0) is 37.8 Å². The van der Waals surface area contributed by atoms with E-state index in [1.165, 1.54) is 0 Å². The number of nitrogens with two attached hydrogens (primary N) is 1. The highest BCUT2D eigenvalue weighted by atomic mass is 35.5. The van der Waals surface area contributed by atoms with E-state index in [1.54, 1.807) is 12.0 Å². The molecule has 2 aliphatic heterocycles. The van der Waals surface area contributed by atoms with Crippen LogP contribution in [-0.4, -0.2) is 49.5 Å². The van der Waals surface area contributed by atoms with Crippen LogP contribution < -0.4 is 15.4 Å². The van der Waals surface area contributed by atoms with E-state index < -0.39 is 0 Å². The molecule has 2 N–H and O–H groups in total. The zero-order chi connectivity index (χ0) is 18.0. The van der Waals surface area contributed by atoms with Crippen molar-refractivity contribution in [1.29, 1.82) is 0 Å². The first-order chi connectivity index (χ1) is 12.0. The van der Waals surface area contributed by atoms with Gasteiger partial charge in [-0.15, -0.1) is 12.4 Å². The molecule has 2 fully saturated rings. The van der Waals surface area contributed by atoms with Crippen molar-refractivity contribution in [1.82, 2.24) is 4.90 Å². The summed E-state index contributed by atoms with van der Waals surface area (Å²) in [4.78, 5) is 29.0. The van der Waals surface area contributed by atoms with Crippen LogP contribution in [0.4, 0.5) is 5.69 Å². The molecule has 0 aliphatic carbocycles. The first kappa shape index (κ1) is 20.5. The second-order valence-electron chi connectivity index (χ2n) is 7.12. The van der Waals surface area contributed by atoms with Gasteiger partial charge in [0, 0.05) is 32.1 Å². The SMILES string of the molecule is COc1ccccc1N1CC(C(=O)N2CCCC(C(C)N)C2)CC1=O.Cl. The van der Waals surface area contributed by atoms with Gasteiger partial charge in [0.2, 0.25) is 11.8 Å². The molecule has 2 amide bonds. The molecule has 1 aromatic carbocycles. The third-order valence-electron chi connectivity index (χ3n) is 5.36. The summed E-state index contributed by atoms with van der Waals surface area (Å²) in [6.07, 6.45) is 2.31. The lowest BCUT2D eigenvalue weighted by molar-refractivity contribution is -0.137. The van der Waals surface area contributed by atoms with E-state index in [-0.39, 0.29) is 42.6 Å². The van der Waals surface area contributed by atoms with Gasteiger partial charge in [-0.25, -0.2) is 0 Å². The Morgan fingerprint density at radius 3 is 2.73 bits per heavy atom. The predicted molar refractivity (Wildman–Crippen MR) is 104 cm³/mol. The second-order valence-corrected chi connectivity index (χ2v) is 7.12. The molecule has 3 atom stereocenters. The number of likely N-dealkylation sites (tertiary alicyclic amines) is 1. The molecule has 0 aromatic heterocycles.